The molecule has 2 fully saturated rings. The molecule has 7 atom stereocenters. The van der Waals surface area contributed by atoms with Crippen LogP contribution in [0, 0.1) is 17.8 Å². The maximum atomic E-state index is 12.7. The molecular formula is C51H58N4O7. The van der Waals surface area contributed by atoms with Gasteiger partial charge in [0.25, 0.3) is 0 Å². The molecule has 0 aromatic heterocycles. The highest BCUT2D eigenvalue weighted by molar-refractivity contribution is 5.84. The van der Waals surface area contributed by atoms with Crippen LogP contribution in [0.5, 0.6) is 28.7 Å². The van der Waals surface area contributed by atoms with Crippen molar-refractivity contribution in [3.63, 3.8) is 0 Å². The quantitative estimate of drug-likeness (QED) is 0.107. The molecule has 62 heavy (non-hydrogen) atoms. The van der Waals surface area contributed by atoms with Crippen molar-refractivity contribution < 1.29 is 34.0 Å². The third-order valence-electron chi connectivity index (χ3n) is 14.5. The van der Waals surface area contributed by atoms with E-state index in [1.807, 2.05) is 19.2 Å². The van der Waals surface area contributed by atoms with Crippen molar-refractivity contribution in [2.75, 3.05) is 27.3 Å². The minimum atomic E-state index is -0.623. The normalized spacial score (nSPS) is 27.9. The van der Waals surface area contributed by atoms with Gasteiger partial charge in [-0.1, -0.05) is 55.5 Å². The summed E-state index contributed by atoms with van der Waals surface area (Å²) in [5.41, 5.74) is 15.6. The number of hydrogen-bond donors (Lipinski definition) is 6. The maximum absolute atomic E-state index is 12.7. The fourth-order valence-electron chi connectivity index (χ4n) is 11.9. The zero-order chi connectivity index (χ0) is 42.7. The van der Waals surface area contributed by atoms with Crippen LogP contribution in [0.3, 0.4) is 0 Å². The molecule has 0 radical (unpaired) electrons. The van der Waals surface area contributed by atoms with E-state index >= 15 is 0 Å². The Balaban J connectivity index is 1.20. The second-order valence-corrected chi connectivity index (χ2v) is 18.5. The number of phenols is 2. The number of carbonyl (C=O) groups is 1. The first-order valence-corrected chi connectivity index (χ1v) is 22.6. The molecule has 4 bridgehead atoms. The molecule has 7 N–H and O–H groups in total. The molecule has 3 aliphatic carbocycles. The Kier molecular flexibility index (Phi) is 10.7. The fourth-order valence-corrected chi connectivity index (χ4v) is 11.9. The van der Waals surface area contributed by atoms with Crippen molar-refractivity contribution >= 4 is 12.0 Å². The van der Waals surface area contributed by atoms with Crippen LogP contribution in [0.1, 0.15) is 110 Å². The van der Waals surface area contributed by atoms with Crippen LogP contribution >= 0.6 is 0 Å². The van der Waals surface area contributed by atoms with Crippen LogP contribution in [-0.4, -0.2) is 67.8 Å². The summed E-state index contributed by atoms with van der Waals surface area (Å²) in [5, 5.41) is 33.7. The van der Waals surface area contributed by atoms with Crippen LogP contribution in [0.25, 0.3) is 17.2 Å². The number of rotatable bonds is 7. The van der Waals surface area contributed by atoms with E-state index in [1.165, 1.54) is 26.2 Å². The van der Waals surface area contributed by atoms with Gasteiger partial charge < -0.3 is 50.8 Å². The number of fused-ring (bicyclic) bond motifs is 8. The lowest BCUT2D eigenvalue weighted by molar-refractivity contribution is -0.141. The van der Waals surface area contributed by atoms with Gasteiger partial charge in [-0.15, -0.1) is 0 Å². The summed E-state index contributed by atoms with van der Waals surface area (Å²) < 4.78 is 26.4. The van der Waals surface area contributed by atoms with Crippen molar-refractivity contribution in [1.29, 1.82) is 0 Å². The van der Waals surface area contributed by atoms with Crippen molar-refractivity contribution in [2.45, 2.75) is 119 Å². The number of esters is 1. The number of benzene rings is 3. The third-order valence-corrected chi connectivity index (χ3v) is 14.5. The van der Waals surface area contributed by atoms with Gasteiger partial charge in [-0.3, -0.25) is 4.79 Å². The number of dihydropyridines is 1. The molecule has 7 aliphatic rings. The SMILES string of the molecule is CNCC1Oc2c(O)cc3c(c2C=CC1NC1CCCCC1)C1Oc2c(ccc4c2C2(CCC(CC5=C(C#CC3)NC(N)C=C5)C2)Cc2cc(O)cc(OC)c2-4)C1COC(C)=O. The molecule has 2 saturated carbocycles. The van der Waals surface area contributed by atoms with Gasteiger partial charge in [-0.05, 0) is 104 Å². The highest BCUT2D eigenvalue weighted by atomic mass is 16.5. The average molecular weight is 839 g/mol. The summed E-state index contributed by atoms with van der Waals surface area (Å²) in [5.74, 6) is 8.59. The molecule has 3 aromatic carbocycles. The van der Waals surface area contributed by atoms with Gasteiger partial charge in [-0.25, -0.2) is 0 Å². The number of likely N-dealkylation sites (N-methyl/N-ethyl adjacent to an activating group) is 1. The number of phenolic OH excluding ortho intramolecular Hbond substituents is 2. The van der Waals surface area contributed by atoms with E-state index in [9.17, 15) is 15.0 Å². The zero-order valence-electron chi connectivity index (χ0n) is 35.9. The number of ether oxygens (including phenoxy) is 4. The van der Waals surface area contributed by atoms with Crippen LogP contribution in [0.15, 0.2) is 59.8 Å². The van der Waals surface area contributed by atoms with Gasteiger partial charge in [0.1, 0.15) is 36.1 Å². The standard InChI is InChI=1S/C51H58N4O7/c1-28(56)60-27-38-35-13-14-36-45-32(21-34(57)23-42(45)59-3)25-51-19-18-29(24-51)20-30-12-17-44(52)55-39(30)11-7-8-31-22-41(58)48-37(46(31)49(38)62-50(35)47(36)51)15-16-40(43(61-48)26-53-2)54-33-9-5-4-6-10-33/h12-17,21-23,29,33,38,40,43-44,49,53-55,57-58H,4-6,8-10,18-20,24-27,52H2,1-3H3. The topological polar surface area (TPSA) is 157 Å². The average Bonchev–Trinajstić information content (AvgIpc) is 3.77. The van der Waals surface area contributed by atoms with E-state index in [2.05, 4.69) is 58.2 Å². The lowest BCUT2D eigenvalue weighted by Gasteiger charge is -2.39. The first kappa shape index (κ1) is 40.6. The van der Waals surface area contributed by atoms with E-state index in [1.54, 1.807) is 19.2 Å². The molecule has 4 aliphatic heterocycles. The predicted octanol–water partition coefficient (Wildman–Crippen LogP) is 7.08. The third kappa shape index (κ3) is 7.20. The van der Waals surface area contributed by atoms with E-state index < -0.39 is 6.10 Å². The Labute approximate surface area is 364 Å². The van der Waals surface area contributed by atoms with Crippen molar-refractivity contribution in [3.05, 3.63) is 93.2 Å². The number of nitrogens with one attached hydrogen (secondary N) is 3. The van der Waals surface area contributed by atoms with Gasteiger partial charge in [0.2, 0.25) is 0 Å². The molecule has 0 amide bonds. The van der Waals surface area contributed by atoms with E-state index in [-0.39, 0.29) is 53.7 Å². The molecule has 4 heterocycles. The van der Waals surface area contributed by atoms with Gasteiger partial charge >= 0.3 is 5.97 Å². The lowest BCUT2D eigenvalue weighted by Crippen LogP contribution is -2.50. The summed E-state index contributed by atoms with van der Waals surface area (Å²) in [7, 11) is 3.57. The van der Waals surface area contributed by atoms with Crippen molar-refractivity contribution in [1.82, 2.24) is 16.0 Å². The van der Waals surface area contributed by atoms with E-state index in [4.69, 9.17) is 24.7 Å². The van der Waals surface area contributed by atoms with Gasteiger partial charge in [0.05, 0.1) is 30.9 Å². The second kappa shape index (κ2) is 16.4. The van der Waals surface area contributed by atoms with Crippen LogP contribution in [0.2, 0.25) is 0 Å². The molecule has 324 valence electrons. The van der Waals surface area contributed by atoms with Crippen LogP contribution in [0.4, 0.5) is 0 Å². The van der Waals surface area contributed by atoms with Crippen LogP contribution < -0.4 is 35.9 Å². The Morgan fingerprint density at radius 1 is 1.05 bits per heavy atom. The number of carbonyl (C=O) groups excluding carboxylic acids is 1. The van der Waals surface area contributed by atoms with Crippen molar-refractivity contribution in [2.24, 2.45) is 11.7 Å². The number of aromatic hydroxyl groups is 2. The molecule has 3 aromatic rings. The van der Waals surface area contributed by atoms with Gasteiger partial charge in [-0.2, -0.15) is 0 Å². The summed E-state index contributed by atoms with van der Waals surface area (Å²) in [6.45, 7) is 2.10. The summed E-state index contributed by atoms with van der Waals surface area (Å²) in [4.78, 5) is 12.7. The Morgan fingerprint density at radius 3 is 2.71 bits per heavy atom. The molecule has 7 unspecified atom stereocenters. The summed E-state index contributed by atoms with van der Waals surface area (Å²) in [6, 6.07) is 9.94. The Bertz CT molecular complexity index is 2460. The minimum absolute atomic E-state index is 0.0378. The fraction of sp³-hybridized carbons (Fsp3) is 0.471. The van der Waals surface area contributed by atoms with E-state index in [0.29, 0.717) is 42.8 Å². The van der Waals surface area contributed by atoms with Crippen LogP contribution in [-0.2, 0) is 27.8 Å². The lowest BCUT2D eigenvalue weighted by atomic mass is 9.65. The summed E-state index contributed by atoms with van der Waals surface area (Å²) in [6.07, 6.45) is 17.7. The second-order valence-electron chi connectivity index (χ2n) is 18.5. The largest absolute Gasteiger partial charge is 0.508 e. The molecule has 1 spiro atoms. The van der Waals surface area contributed by atoms with Gasteiger partial charge in [0.15, 0.2) is 11.5 Å². The summed E-state index contributed by atoms with van der Waals surface area (Å²) >= 11 is 0. The molecule has 0 saturated heterocycles. The number of methoxy groups -OCH3 is 1. The van der Waals surface area contributed by atoms with E-state index in [0.717, 1.165) is 100 Å². The first-order valence-electron chi connectivity index (χ1n) is 22.6. The maximum Gasteiger partial charge on any atom is 0.302 e. The number of nitrogens with two attached hydrogens (primary N) is 1. The zero-order valence-corrected chi connectivity index (χ0v) is 35.9. The highest BCUT2D eigenvalue weighted by Crippen LogP contribution is 2.63. The molecule has 11 heteroatoms. The predicted molar refractivity (Wildman–Crippen MR) is 238 cm³/mol. The smallest absolute Gasteiger partial charge is 0.302 e. The first-order chi connectivity index (χ1) is 30.1. The Morgan fingerprint density at radius 2 is 1.90 bits per heavy atom. The highest BCUT2D eigenvalue weighted by Gasteiger charge is 2.51. The monoisotopic (exact) mass is 838 g/mol. The van der Waals surface area contributed by atoms with Gasteiger partial charge in [0, 0.05) is 65.2 Å². The Hall–Kier alpha value is -5.41. The number of allylic oxidation sites excluding steroid dienone is 3. The molecule has 11 nitrogen and oxygen atoms in total. The molecule has 10 rings (SSSR count). The minimum Gasteiger partial charge on any atom is -0.508 e. The molecular weight excluding hydrogens is 781 g/mol. The number of hydrogen-bond acceptors (Lipinski definition) is 11. The van der Waals surface area contributed by atoms with Crippen molar-refractivity contribution in [3.8, 4) is 51.7 Å².